The Hall–Kier alpha value is -2.14. The predicted octanol–water partition coefficient (Wildman–Crippen LogP) is 2.00. The molecule has 0 saturated carbocycles. The van der Waals surface area contributed by atoms with E-state index in [0.717, 1.165) is 18.5 Å². The van der Waals surface area contributed by atoms with E-state index >= 15 is 0 Å². The molecule has 0 aliphatic carbocycles. The summed E-state index contributed by atoms with van der Waals surface area (Å²) < 4.78 is 4.92. The van der Waals surface area contributed by atoms with Crippen molar-refractivity contribution in [2.24, 2.45) is 0 Å². The van der Waals surface area contributed by atoms with Crippen molar-refractivity contribution in [3.05, 3.63) is 47.2 Å². The SMILES string of the molecule is CNCCc1ccccc1C(=O)Nc1cc(C)on1. The highest BCUT2D eigenvalue weighted by Crippen LogP contribution is 2.13. The molecule has 1 amide bonds. The number of likely N-dealkylation sites (N-methyl/N-ethyl adjacent to an activating group) is 1. The van der Waals surface area contributed by atoms with Crippen LogP contribution in [-0.2, 0) is 6.42 Å². The molecule has 0 bridgehead atoms. The zero-order chi connectivity index (χ0) is 13.7. The standard InChI is InChI=1S/C14H17N3O2/c1-10-9-13(17-19-10)16-14(18)12-6-4-3-5-11(12)7-8-15-2/h3-6,9,15H,7-8H2,1-2H3,(H,16,17,18). The van der Waals surface area contributed by atoms with Crippen molar-refractivity contribution < 1.29 is 9.32 Å². The fourth-order valence-corrected chi connectivity index (χ4v) is 1.83. The number of aromatic nitrogens is 1. The summed E-state index contributed by atoms with van der Waals surface area (Å²) in [6.07, 6.45) is 0.804. The van der Waals surface area contributed by atoms with E-state index in [1.165, 1.54) is 0 Å². The maximum absolute atomic E-state index is 12.2. The lowest BCUT2D eigenvalue weighted by Gasteiger charge is -2.08. The number of amides is 1. The van der Waals surface area contributed by atoms with E-state index in [2.05, 4.69) is 15.8 Å². The average molecular weight is 259 g/mol. The highest BCUT2D eigenvalue weighted by Gasteiger charge is 2.12. The molecule has 0 fully saturated rings. The number of aryl methyl sites for hydroxylation is 1. The third-order valence-corrected chi connectivity index (χ3v) is 2.78. The topological polar surface area (TPSA) is 67.2 Å². The number of benzene rings is 1. The minimum absolute atomic E-state index is 0.167. The van der Waals surface area contributed by atoms with Crippen molar-refractivity contribution in [2.75, 3.05) is 18.9 Å². The molecule has 5 heteroatoms. The van der Waals surface area contributed by atoms with Gasteiger partial charge < -0.3 is 15.2 Å². The largest absolute Gasteiger partial charge is 0.360 e. The van der Waals surface area contributed by atoms with Crippen LogP contribution in [0, 0.1) is 6.92 Å². The minimum Gasteiger partial charge on any atom is -0.360 e. The number of anilines is 1. The van der Waals surface area contributed by atoms with Crippen LogP contribution in [0.4, 0.5) is 5.82 Å². The van der Waals surface area contributed by atoms with E-state index in [4.69, 9.17) is 4.52 Å². The highest BCUT2D eigenvalue weighted by atomic mass is 16.5. The third kappa shape index (κ3) is 3.42. The first-order valence-corrected chi connectivity index (χ1v) is 6.18. The molecule has 1 heterocycles. The molecule has 0 aliphatic rings. The summed E-state index contributed by atoms with van der Waals surface area (Å²) in [7, 11) is 1.89. The number of hydrogen-bond acceptors (Lipinski definition) is 4. The van der Waals surface area contributed by atoms with Gasteiger partial charge in [-0.25, -0.2) is 0 Å². The molecule has 5 nitrogen and oxygen atoms in total. The van der Waals surface area contributed by atoms with Crippen LogP contribution >= 0.6 is 0 Å². The molecular formula is C14H17N3O2. The van der Waals surface area contributed by atoms with Crippen LogP contribution < -0.4 is 10.6 Å². The number of nitrogens with zero attached hydrogens (tertiary/aromatic N) is 1. The zero-order valence-electron chi connectivity index (χ0n) is 11.1. The van der Waals surface area contributed by atoms with E-state index in [-0.39, 0.29) is 5.91 Å². The van der Waals surface area contributed by atoms with Gasteiger partial charge in [-0.2, -0.15) is 0 Å². The van der Waals surface area contributed by atoms with Crippen LogP contribution in [0.2, 0.25) is 0 Å². The smallest absolute Gasteiger partial charge is 0.257 e. The Bertz CT molecular complexity index is 563. The molecule has 1 aromatic heterocycles. The van der Waals surface area contributed by atoms with Crippen LogP contribution in [0.1, 0.15) is 21.7 Å². The number of carbonyl (C=O) groups is 1. The van der Waals surface area contributed by atoms with Crippen molar-refractivity contribution in [2.45, 2.75) is 13.3 Å². The Morgan fingerprint density at radius 1 is 1.37 bits per heavy atom. The van der Waals surface area contributed by atoms with Gasteiger partial charge in [-0.3, -0.25) is 4.79 Å². The Kier molecular flexibility index (Phi) is 4.30. The number of carbonyl (C=O) groups excluding carboxylic acids is 1. The summed E-state index contributed by atoms with van der Waals surface area (Å²) in [6, 6.07) is 9.25. The van der Waals surface area contributed by atoms with E-state index in [0.29, 0.717) is 17.1 Å². The second kappa shape index (κ2) is 6.15. The molecule has 0 aliphatic heterocycles. The first-order valence-electron chi connectivity index (χ1n) is 6.18. The normalized spacial score (nSPS) is 10.4. The van der Waals surface area contributed by atoms with Gasteiger partial charge in [-0.1, -0.05) is 23.4 Å². The van der Waals surface area contributed by atoms with Gasteiger partial charge in [0, 0.05) is 11.6 Å². The van der Waals surface area contributed by atoms with Gasteiger partial charge >= 0.3 is 0 Å². The molecule has 19 heavy (non-hydrogen) atoms. The summed E-state index contributed by atoms with van der Waals surface area (Å²) in [6.45, 7) is 2.61. The van der Waals surface area contributed by atoms with Crippen molar-refractivity contribution >= 4 is 11.7 Å². The minimum atomic E-state index is -0.167. The third-order valence-electron chi connectivity index (χ3n) is 2.78. The summed E-state index contributed by atoms with van der Waals surface area (Å²) >= 11 is 0. The molecule has 1 aromatic carbocycles. The maximum atomic E-state index is 12.2. The lowest BCUT2D eigenvalue weighted by Crippen LogP contribution is -2.17. The molecule has 2 rings (SSSR count). The summed E-state index contributed by atoms with van der Waals surface area (Å²) in [5, 5.41) is 9.56. The predicted molar refractivity (Wildman–Crippen MR) is 73.3 cm³/mol. The van der Waals surface area contributed by atoms with Crippen LogP contribution in [0.3, 0.4) is 0 Å². The highest BCUT2D eigenvalue weighted by molar-refractivity contribution is 6.04. The number of hydrogen-bond donors (Lipinski definition) is 2. The van der Waals surface area contributed by atoms with Gasteiger partial charge in [0.25, 0.3) is 5.91 Å². The van der Waals surface area contributed by atoms with E-state index in [1.54, 1.807) is 13.0 Å². The van der Waals surface area contributed by atoms with Crippen molar-refractivity contribution in [3.8, 4) is 0 Å². The molecule has 100 valence electrons. The number of nitrogens with one attached hydrogen (secondary N) is 2. The van der Waals surface area contributed by atoms with Crippen molar-refractivity contribution in [3.63, 3.8) is 0 Å². The molecule has 0 radical (unpaired) electrons. The summed E-state index contributed by atoms with van der Waals surface area (Å²) in [5.74, 6) is 0.935. The van der Waals surface area contributed by atoms with Gasteiger partial charge in [0.15, 0.2) is 5.82 Å². The Morgan fingerprint density at radius 3 is 2.84 bits per heavy atom. The Balaban J connectivity index is 2.14. The van der Waals surface area contributed by atoms with Gasteiger partial charge in [0.2, 0.25) is 0 Å². The lowest BCUT2D eigenvalue weighted by molar-refractivity contribution is 0.102. The fraction of sp³-hybridized carbons (Fsp3) is 0.286. The fourth-order valence-electron chi connectivity index (χ4n) is 1.83. The Morgan fingerprint density at radius 2 is 2.16 bits per heavy atom. The molecular weight excluding hydrogens is 242 g/mol. The van der Waals surface area contributed by atoms with E-state index in [9.17, 15) is 4.79 Å². The van der Waals surface area contributed by atoms with Crippen LogP contribution in [0.5, 0.6) is 0 Å². The van der Waals surface area contributed by atoms with Crippen molar-refractivity contribution in [1.29, 1.82) is 0 Å². The second-order valence-corrected chi connectivity index (χ2v) is 4.29. The molecule has 0 spiro atoms. The van der Waals surface area contributed by atoms with Gasteiger partial charge in [0.05, 0.1) is 0 Å². The first-order chi connectivity index (χ1) is 9.20. The average Bonchev–Trinajstić information content (AvgIpc) is 2.82. The lowest BCUT2D eigenvalue weighted by atomic mass is 10.0. The van der Waals surface area contributed by atoms with Gasteiger partial charge in [-0.05, 0) is 38.6 Å². The van der Waals surface area contributed by atoms with E-state index < -0.39 is 0 Å². The summed E-state index contributed by atoms with van der Waals surface area (Å²) in [4.78, 5) is 12.2. The van der Waals surface area contributed by atoms with Crippen LogP contribution in [0.15, 0.2) is 34.9 Å². The quantitative estimate of drug-likeness (QED) is 0.861. The van der Waals surface area contributed by atoms with Crippen molar-refractivity contribution in [1.82, 2.24) is 10.5 Å². The second-order valence-electron chi connectivity index (χ2n) is 4.29. The molecule has 0 atom stereocenters. The first kappa shape index (κ1) is 13.3. The molecule has 2 aromatic rings. The van der Waals surface area contributed by atoms with Gasteiger partial charge in [0.1, 0.15) is 5.76 Å². The van der Waals surface area contributed by atoms with Gasteiger partial charge in [-0.15, -0.1) is 0 Å². The Labute approximate surface area is 112 Å². The van der Waals surface area contributed by atoms with Crippen LogP contribution in [0.25, 0.3) is 0 Å². The molecule has 2 N–H and O–H groups in total. The summed E-state index contributed by atoms with van der Waals surface area (Å²) in [5.41, 5.74) is 1.67. The van der Waals surface area contributed by atoms with E-state index in [1.807, 2.05) is 31.3 Å². The monoisotopic (exact) mass is 259 g/mol. The maximum Gasteiger partial charge on any atom is 0.257 e. The molecule has 0 saturated heterocycles. The zero-order valence-corrected chi connectivity index (χ0v) is 11.1. The molecule has 0 unspecified atom stereocenters. The van der Waals surface area contributed by atoms with Crippen LogP contribution in [-0.4, -0.2) is 24.7 Å². The number of rotatable bonds is 5.